The Morgan fingerprint density at radius 3 is 2.90 bits per heavy atom. The molecule has 0 radical (unpaired) electrons. The largest absolute Gasteiger partial charge is 0.497 e. The van der Waals surface area contributed by atoms with E-state index in [4.69, 9.17) is 9.47 Å². The van der Waals surface area contributed by atoms with Gasteiger partial charge in [0.1, 0.15) is 18.1 Å². The van der Waals surface area contributed by atoms with Gasteiger partial charge < -0.3 is 14.8 Å². The van der Waals surface area contributed by atoms with Gasteiger partial charge in [0.2, 0.25) is 0 Å². The summed E-state index contributed by atoms with van der Waals surface area (Å²) in [6, 6.07) is 6.64. The molecule has 1 saturated carbocycles. The molecule has 4 nitrogen and oxygen atoms in total. The molecule has 1 fully saturated rings. The van der Waals surface area contributed by atoms with Gasteiger partial charge in [-0.25, -0.2) is 4.98 Å². The highest BCUT2D eigenvalue weighted by Gasteiger charge is 2.20. The number of ether oxygens (including phenoxy) is 2. The van der Waals surface area contributed by atoms with Gasteiger partial charge in [-0.3, -0.25) is 0 Å². The molecule has 1 aliphatic rings. The van der Waals surface area contributed by atoms with E-state index in [1.165, 1.54) is 12.8 Å². The van der Waals surface area contributed by atoms with E-state index in [1.807, 2.05) is 31.3 Å². The Morgan fingerprint density at radius 1 is 1.38 bits per heavy atom. The number of nitrogens with one attached hydrogen (secondary N) is 1. The molecule has 0 unspecified atom stereocenters. The Morgan fingerprint density at radius 2 is 2.24 bits per heavy atom. The lowest BCUT2D eigenvalue weighted by molar-refractivity contribution is 0.304. The van der Waals surface area contributed by atoms with Crippen LogP contribution in [0.25, 0.3) is 0 Å². The van der Waals surface area contributed by atoms with Crippen LogP contribution in [0.2, 0.25) is 0 Å². The summed E-state index contributed by atoms with van der Waals surface area (Å²) >= 11 is 1.67. The number of rotatable bonds is 7. The Balaban J connectivity index is 1.69. The van der Waals surface area contributed by atoms with Crippen LogP contribution < -0.4 is 14.8 Å². The summed E-state index contributed by atoms with van der Waals surface area (Å²) in [5.41, 5.74) is 1.14. The summed E-state index contributed by atoms with van der Waals surface area (Å²) in [5, 5.41) is 4.59. The minimum absolute atomic E-state index is 0.564. The molecule has 0 saturated heterocycles. The number of methoxy groups -OCH3 is 1. The fourth-order valence-corrected chi connectivity index (χ4v) is 2.83. The molecule has 0 spiro atoms. The van der Waals surface area contributed by atoms with E-state index in [0.29, 0.717) is 12.6 Å². The molecule has 2 aromatic rings. The zero-order valence-electron chi connectivity index (χ0n) is 12.4. The normalized spacial score (nSPS) is 14.2. The maximum absolute atomic E-state index is 5.96. The van der Waals surface area contributed by atoms with Crippen LogP contribution in [0.1, 0.15) is 28.3 Å². The lowest BCUT2D eigenvalue weighted by Gasteiger charge is -2.13. The van der Waals surface area contributed by atoms with Crippen molar-refractivity contribution in [1.29, 1.82) is 0 Å². The summed E-state index contributed by atoms with van der Waals surface area (Å²) in [6.07, 6.45) is 4.44. The van der Waals surface area contributed by atoms with Crippen LogP contribution in [0.5, 0.6) is 11.5 Å². The molecular weight excluding hydrogens is 284 g/mol. The first kappa shape index (κ1) is 14.4. The third kappa shape index (κ3) is 3.95. The summed E-state index contributed by atoms with van der Waals surface area (Å²) in [7, 11) is 1.69. The SMILES string of the molecule is COc1ccc(OCc2cnc(C)s2)c(CNC2CC2)c1. The number of aromatic nitrogens is 1. The third-order valence-electron chi connectivity index (χ3n) is 3.47. The minimum Gasteiger partial charge on any atom is -0.497 e. The van der Waals surface area contributed by atoms with E-state index in [9.17, 15) is 0 Å². The van der Waals surface area contributed by atoms with E-state index in [-0.39, 0.29) is 0 Å². The monoisotopic (exact) mass is 304 g/mol. The quantitative estimate of drug-likeness (QED) is 0.852. The van der Waals surface area contributed by atoms with Gasteiger partial charge in [-0.2, -0.15) is 0 Å². The predicted octanol–water partition coefficient (Wildman–Crippen LogP) is 3.29. The van der Waals surface area contributed by atoms with Gasteiger partial charge in [-0.1, -0.05) is 0 Å². The first-order chi connectivity index (χ1) is 10.2. The highest BCUT2D eigenvalue weighted by molar-refractivity contribution is 7.11. The molecular formula is C16H20N2O2S. The molecule has 112 valence electrons. The van der Waals surface area contributed by atoms with E-state index in [0.717, 1.165) is 33.5 Å². The Hall–Kier alpha value is -1.59. The van der Waals surface area contributed by atoms with Crippen LogP contribution in [-0.2, 0) is 13.2 Å². The number of nitrogens with zero attached hydrogens (tertiary/aromatic N) is 1. The Bertz CT molecular complexity index is 608. The number of benzene rings is 1. The van der Waals surface area contributed by atoms with E-state index >= 15 is 0 Å². The van der Waals surface area contributed by atoms with Crippen molar-refractivity contribution in [2.24, 2.45) is 0 Å². The van der Waals surface area contributed by atoms with Gasteiger partial charge in [0.05, 0.1) is 17.0 Å². The van der Waals surface area contributed by atoms with Crippen molar-refractivity contribution in [3.63, 3.8) is 0 Å². The second-order valence-electron chi connectivity index (χ2n) is 5.26. The summed E-state index contributed by atoms with van der Waals surface area (Å²) in [6.45, 7) is 3.39. The van der Waals surface area contributed by atoms with Crippen LogP contribution in [0, 0.1) is 6.92 Å². The first-order valence-corrected chi connectivity index (χ1v) is 8.00. The van der Waals surface area contributed by atoms with Gasteiger partial charge in [0.25, 0.3) is 0 Å². The fraction of sp³-hybridized carbons (Fsp3) is 0.438. The van der Waals surface area contributed by atoms with Crippen LogP contribution in [0.3, 0.4) is 0 Å². The van der Waals surface area contributed by atoms with Gasteiger partial charge in [-0.15, -0.1) is 11.3 Å². The smallest absolute Gasteiger partial charge is 0.124 e. The molecule has 21 heavy (non-hydrogen) atoms. The molecule has 0 bridgehead atoms. The molecule has 1 aromatic heterocycles. The van der Waals surface area contributed by atoms with Crippen molar-refractivity contribution in [3.8, 4) is 11.5 Å². The van der Waals surface area contributed by atoms with Crippen molar-refractivity contribution in [3.05, 3.63) is 39.8 Å². The fourth-order valence-electron chi connectivity index (χ4n) is 2.12. The number of hydrogen-bond donors (Lipinski definition) is 1. The van der Waals surface area contributed by atoms with Gasteiger partial charge in [-0.05, 0) is 38.0 Å². The van der Waals surface area contributed by atoms with E-state index < -0.39 is 0 Å². The lowest BCUT2D eigenvalue weighted by atomic mass is 10.2. The highest BCUT2D eigenvalue weighted by Crippen LogP contribution is 2.27. The van der Waals surface area contributed by atoms with Crippen molar-refractivity contribution >= 4 is 11.3 Å². The maximum Gasteiger partial charge on any atom is 0.124 e. The average Bonchev–Trinajstić information content (AvgIpc) is 3.24. The van der Waals surface area contributed by atoms with E-state index in [2.05, 4.69) is 10.3 Å². The maximum atomic E-state index is 5.96. The zero-order valence-corrected chi connectivity index (χ0v) is 13.2. The molecule has 0 atom stereocenters. The minimum atomic E-state index is 0.564. The zero-order chi connectivity index (χ0) is 14.7. The second-order valence-corrected chi connectivity index (χ2v) is 6.58. The predicted molar refractivity (Wildman–Crippen MR) is 84.0 cm³/mol. The Kier molecular flexibility index (Phi) is 4.41. The molecule has 1 aliphatic carbocycles. The van der Waals surface area contributed by atoms with Crippen molar-refractivity contribution in [1.82, 2.24) is 10.3 Å². The topological polar surface area (TPSA) is 43.4 Å². The molecule has 1 aromatic carbocycles. The summed E-state index contributed by atoms with van der Waals surface area (Å²) < 4.78 is 11.3. The molecule has 3 rings (SSSR count). The van der Waals surface area contributed by atoms with Crippen molar-refractivity contribution in [2.75, 3.05) is 7.11 Å². The van der Waals surface area contributed by atoms with E-state index in [1.54, 1.807) is 18.4 Å². The molecule has 5 heteroatoms. The molecule has 0 aliphatic heterocycles. The standard InChI is InChI=1S/C16H20N2O2S/c1-11-17-9-15(21-11)10-20-16-6-5-14(19-2)7-12(16)8-18-13-3-4-13/h5-7,9,13,18H,3-4,8,10H2,1-2H3. The van der Waals surface area contributed by atoms with Gasteiger partial charge >= 0.3 is 0 Å². The van der Waals surface area contributed by atoms with Crippen LogP contribution in [0.15, 0.2) is 24.4 Å². The average molecular weight is 304 g/mol. The Labute approximate surface area is 129 Å². The van der Waals surface area contributed by atoms with Crippen LogP contribution >= 0.6 is 11.3 Å². The summed E-state index contributed by atoms with van der Waals surface area (Å²) in [4.78, 5) is 5.40. The first-order valence-electron chi connectivity index (χ1n) is 7.19. The van der Waals surface area contributed by atoms with Crippen molar-refractivity contribution < 1.29 is 9.47 Å². The van der Waals surface area contributed by atoms with Crippen LogP contribution in [0.4, 0.5) is 0 Å². The number of thiazole rings is 1. The van der Waals surface area contributed by atoms with Crippen LogP contribution in [-0.4, -0.2) is 18.1 Å². The number of aryl methyl sites for hydroxylation is 1. The second kappa shape index (κ2) is 6.45. The van der Waals surface area contributed by atoms with Gasteiger partial charge in [0, 0.05) is 24.3 Å². The highest BCUT2D eigenvalue weighted by atomic mass is 32.1. The third-order valence-corrected chi connectivity index (χ3v) is 4.35. The molecule has 1 N–H and O–H groups in total. The molecule has 1 heterocycles. The van der Waals surface area contributed by atoms with Crippen molar-refractivity contribution in [2.45, 2.75) is 39.0 Å². The van der Waals surface area contributed by atoms with Gasteiger partial charge in [0.15, 0.2) is 0 Å². The molecule has 0 amide bonds. The number of hydrogen-bond acceptors (Lipinski definition) is 5. The summed E-state index contributed by atoms with van der Waals surface area (Å²) in [5.74, 6) is 1.78. The lowest BCUT2D eigenvalue weighted by Crippen LogP contribution is -2.16.